The Balaban J connectivity index is 1.91. The van der Waals surface area contributed by atoms with Crippen molar-refractivity contribution in [2.24, 2.45) is 0 Å². The Morgan fingerprint density at radius 2 is 1.40 bits per heavy atom. The number of carbonyl (C=O) groups is 2. The summed E-state index contributed by atoms with van der Waals surface area (Å²) >= 11 is 6.90. The van der Waals surface area contributed by atoms with E-state index in [4.69, 9.17) is 0 Å². The van der Waals surface area contributed by atoms with E-state index in [0.717, 1.165) is 19.5 Å². The molecule has 1 aliphatic rings. The number of rotatable bonds is 7. The third-order valence-corrected chi connectivity index (χ3v) is 7.56. The molecule has 6 heteroatoms. The quantitative estimate of drug-likeness (QED) is 0.340. The number of hydrogen-bond acceptors (Lipinski definition) is 2. The average Bonchev–Trinajstić information content (AvgIpc) is 2.84. The van der Waals surface area contributed by atoms with Gasteiger partial charge >= 0.3 is 142 Å². The molecule has 1 aromatic heterocycles. The Morgan fingerprint density at radius 3 is 1.95 bits per heavy atom. The third kappa shape index (κ3) is 3.29. The molecule has 0 atom stereocenters. The van der Waals surface area contributed by atoms with Crippen LogP contribution in [0.25, 0.3) is 0 Å². The van der Waals surface area contributed by atoms with Crippen molar-refractivity contribution in [1.82, 2.24) is 4.90 Å². The second-order valence-electron chi connectivity index (χ2n) is 4.93. The van der Waals surface area contributed by atoms with Crippen LogP contribution in [0.5, 0.6) is 0 Å². The zero-order valence-electron chi connectivity index (χ0n) is 11.4. The van der Waals surface area contributed by atoms with Crippen molar-refractivity contribution in [3.05, 3.63) is 17.8 Å². The van der Waals surface area contributed by atoms with Gasteiger partial charge in [0.15, 0.2) is 0 Å². The molecule has 0 N–H and O–H groups in total. The van der Waals surface area contributed by atoms with Gasteiger partial charge in [0.25, 0.3) is 0 Å². The molecule has 2 rings (SSSR count). The van der Waals surface area contributed by atoms with Crippen LogP contribution in [0.3, 0.4) is 0 Å². The van der Waals surface area contributed by atoms with E-state index in [1.165, 1.54) is 30.6 Å². The van der Waals surface area contributed by atoms with E-state index in [1.54, 1.807) is 0 Å². The average molecular weight is 470 g/mol. The van der Waals surface area contributed by atoms with Crippen LogP contribution in [0.2, 0.25) is 0 Å². The van der Waals surface area contributed by atoms with Crippen molar-refractivity contribution in [2.75, 3.05) is 6.54 Å². The van der Waals surface area contributed by atoms with E-state index < -0.39 is 0 Å². The van der Waals surface area contributed by atoms with Crippen LogP contribution in [0, 0.1) is 0 Å². The first-order valence-electron chi connectivity index (χ1n) is 6.92. The standard InChI is InChI=1S/C14H17Br2NO2Se/c1-2-3-4-5-6-7-8-17-13(18)9-10(14(17)19)12(16)20-11(9)15/h2-8H2,1H3. The van der Waals surface area contributed by atoms with Crippen LogP contribution in [0.4, 0.5) is 0 Å². The summed E-state index contributed by atoms with van der Waals surface area (Å²) in [6.45, 7) is 2.74. The summed E-state index contributed by atoms with van der Waals surface area (Å²) in [6, 6.07) is 0. The number of halogens is 2. The summed E-state index contributed by atoms with van der Waals surface area (Å²) in [5, 5.41) is 0. The fourth-order valence-electron chi connectivity index (χ4n) is 2.37. The zero-order chi connectivity index (χ0) is 14.7. The summed E-state index contributed by atoms with van der Waals surface area (Å²) in [6.07, 6.45) is 6.92. The molecular weight excluding hydrogens is 453 g/mol. The van der Waals surface area contributed by atoms with Crippen LogP contribution in [-0.2, 0) is 0 Å². The molecule has 0 bridgehead atoms. The second kappa shape index (κ2) is 7.39. The second-order valence-corrected chi connectivity index (χ2v) is 11.0. The van der Waals surface area contributed by atoms with Crippen molar-refractivity contribution in [2.45, 2.75) is 45.4 Å². The fraction of sp³-hybridized carbons (Fsp3) is 0.571. The molecule has 20 heavy (non-hydrogen) atoms. The van der Waals surface area contributed by atoms with Gasteiger partial charge in [-0.25, -0.2) is 0 Å². The molecular formula is C14H17Br2NO2Se. The molecule has 0 aromatic carbocycles. The molecule has 110 valence electrons. The van der Waals surface area contributed by atoms with Gasteiger partial charge in [-0.1, -0.05) is 0 Å². The number of unbranched alkanes of at least 4 members (excludes halogenated alkanes) is 5. The SMILES string of the molecule is CCCCCCCCN1C(=O)c2c(Br)[se]c(Br)c2C1=O. The number of hydrogen-bond donors (Lipinski definition) is 0. The molecule has 0 radical (unpaired) electrons. The summed E-state index contributed by atoms with van der Waals surface area (Å²) in [7, 11) is 0. The van der Waals surface area contributed by atoms with Crippen LogP contribution < -0.4 is 0 Å². The Morgan fingerprint density at radius 1 is 0.900 bits per heavy atom. The molecule has 0 saturated carbocycles. The Labute approximate surface area is 142 Å². The molecule has 3 nitrogen and oxygen atoms in total. The molecule has 2 amide bonds. The zero-order valence-corrected chi connectivity index (χ0v) is 16.3. The molecule has 1 aliphatic heterocycles. The van der Waals surface area contributed by atoms with Gasteiger partial charge in [-0.3, -0.25) is 0 Å². The van der Waals surface area contributed by atoms with E-state index in [-0.39, 0.29) is 26.3 Å². The Hall–Kier alpha value is 0.0995. The molecule has 0 fully saturated rings. The third-order valence-electron chi connectivity index (χ3n) is 3.48. The molecule has 0 saturated heterocycles. The van der Waals surface area contributed by atoms with E-state index in [0.29, 0.717) is 17.7 Å². The van der Waals surface area contributed by atoms with Crippen LogP contribution in [-0.4, -0.2) is 37.8 Å². The van der Waals surface area contributed by atoms with E-state index in [9.17, 15) is 9.59 Å². The van der Waals surface area contributed by atoms with E-state index in [2.05, 4.69) is 38.8 Å². The number of amides is 2. The molecule has 2 heterocycles. The molecule has 0 unspecified atom stereocenters. The van der Waals surface area contributed by atoms with Crippen LogP contribution >= 0.6 is 31.9 Å². The predicted molar refractivity (Wildman–Crippen MR) is 87.5 cm³/mol. The first-order chi connectivity index (χ1) is 9.57. The summed E-state index contributed by atoms with van der Waals surface area (Å²) in [5.74, 6) is -0.247. The first-order valence-corrected chi connectivity index (χ1v) is 10.2. The van der Waals surface area contributed by atoms with Crippen molar-refractivity contribution in [1.29, 1.82) is 0 Å². The Kier molecular flexibility index (Phi) is 6.08. The minimum atomic E-state index is -0.123. The Bertz CT molecular complexity index is 491. The van der Waals surface area contributed by atoms with Crippen molar-refractivity contribution in [3.8, 4) is 0 Å². The topological polar surface area (TPSA) is 37.4 Å². The van der Waals surface area contributed by atoms with Crippen LogP contribution in [0.15, 0.2) is 6.69 Å². The maximum atomic E-state index is 12.3. The fourth-order valence-corrected chi connectivity index (χ4v) is 7.47. The van der Waals surface area contributed by atoms with Crippen molar-refractivity contribution < 1.29 is 9.59 Å². The predicted octanol–water partition coefficient (Wildman–Crippen LogP) is 4.23. The van der Waals surface area contributed by atoms with Gasteiger partial charge in [0.2, 0.25) is 0 Å². The van der Waals surface area contributed by atoms with Crippen molar-refractivity contribution in [3.63, 3.8) is 0 Å². The summed E-state index contributed by atoms with van der Waals surface area (Å²) in [5.41, 5.74) is 1.18. The van der Waals surface area contributed by atoms with E-state index >= 15 is 0 Å². The van der Waals surface area contributed by atoms with Gasteiger partial charge in [-0.15, -0.1) is 0 Å². The number of imide groups is 1. The maximum absolute atomic E-state index is 12.3. The van der Waals surface area contributed by atoms with Gasteiger partial charge in [0.1, 0.15) is 0 Å². The molecule has 1 aromatic rings. The van der Waals surface area contributed by atoms with Crippen molar-refractivity contribution >= 4 is 58.2 Å². The van der Waals surface area contributed by atoms with Crippen LogP contribution in [0.1, 0.15) is 66.2 Å². The normalized spacial score (nSPS) is 14.2. The summed E-state index contributed by atoms with van der Waals surface area (Å²) in [4.78, 5) is 26.0. The monoisotopic (exact) mass is 469 g/mol. The first kappa shape index (κ1) is 16.5. The van der Waals surface area contributed by atoms with E-state index in [1.807, 2.05) is 0 Å². The van der Waals surface area contributed by atoms with Gasteiger partial charge in [0.05, 0.1) is 0 Å². The van der Waals surface area contributed by atoms with Gasteiger partial charge < -0.3 is 0 Å². The number of carbonyl (C=O) groups excluding carboxylic acids is 2. The van der Waals surface area contributed by atoms with Gasteiger partial charge in [0, 0.05) is 0 Å². The van der Waals surface area contributed by atoms with Gasteiger partial charge in [-0.05, 0) is 0 Å². The minimum absolute atomic E-state index is 0.0439. The summed E-state index contributed by atoms with van der Waals surface area (Å²) < 4.78 is 1.77. The van der Waals surface area contributed by atoms with Gasteiger partial charge in [-0.2, -0.15) is 0 Å². The molecule has 0 spiro atoms. The molecule has 0 aliphatic carbocycles. The number of fused-ring (bicyclic) bond motifs is 1. The number of nitrogens with zero attached hydrogens (tertiary/aromatic N) is 1.